The normalized spacial score (nSPS) is 15.1. The molecule has 1 aliphatic rings. The predicted molar refractivity (Wildman–Crippen MR) is 135 cm³/mol. The summed E-state index contributed by atoms with van der Waals surface area (Å²) in [6.45, 7) is 1.05. The maximum absolute atomic E-state index is 13.3. The maximum Gasteiger partial charge on any atom is 0.269 e. The summed E-state index contributed by atoms with van der Waals surface area (Å²) in [5.41, 5.74) is 1.48. The number of sulfonamides is 1. The number of nitrogens with one attached hydrogen (secondary N) is 1. The minimum atomic E-state index is -3.65. The SMILES string of the molecule is O=C(NCc1sccc1S(=O)(=O)N1CCC(CCc2ccccc2)CC1)c1ccc([N+](=O)[O-])cc1. The van der Waals surface area contributed by atoms with Gasteiger partial charge in [0, 0.05) is 35.7 Å². The van der Waals surface area contributed by atoms with Gasteiger partial charge in [-0.1, -0.05) is 30.3 Å². The third-order valence-corrected chi connectivity index (χ3v) is 9.36. The Labute approximate surface area is 208 Å². The molecule has 0 spiro atoms. The molecule has 0 unspecified atom stereocenters. The van der Waals surface area contributed by atoms with Crippen LogP contribution in [0.1, 0.15) is 40.1 Å². The molecule has 4 rings (SSSR count). The number of nitro benzene ring substituents is 1. The number of amides is 1. The topological polar surface area (TPSA) is 110 Å². The molecule has 0 bridgehead atoms. The van der Waals surface area contributed by atoms with Gasteiger partial charge in [-0.3, -0.25) is 14.9 Å². The number of hydrogen-bond acceptors (Lipinski definition) is 6. The lowest BCUT2D eigenvalue weighted by Crippen LogP contribution is -2.38. The molecular weight excluding hydrogens is 486 g/mol. The van der Waals surface area contributed by atoms with Gasteiger partial charge in [0.25, 0.3) is 11.6 Å². The first-order valence-corrected chi connectivity index (χ1v) is 13.8. The third-order valence-electron chi connectivity index (χ3n) is 6.33. The van der Waals surface area contributed by atoms with Gasteiger partial charge in [-0.2, -0.15) is 4.31 Å². The van der Waals surface area contributed by atoms with Crippen LogP contribution in [0, 0.1) is 16.0 Å². The summed E-state index contributed by atoms with van der Waals surface area (Å²) in [6.07, 6.45) is 3.72. The van der Waals surface area contributed by atoms with E-state index in [1.807, 2.05) is 18.2 Å². The quantitative estimate of drug-likeness (QED) is 0.332. The molecule has 35 heavy (non-hydrogen) atoms. The van der Waals surface area contributed by atoms with Gasteiger partial charge in [0.05, 0.1) is 16.4 Å². The maximum atomic E-state index is 13.3. The van der Waals surface area contributed by atoms with E-state index in [2.05, 4.69) is 17.4 Å². The zero-order valence-electron chi connectivity index (χ0n) is 19.1. The van der Waals surface area contributed by atoms with Crippen LogP contribution < -0.4 is 5.32 Å². The molecule has 0 saturated carbocycles. The molecule has 1 saturated heterocycles. The first-order valence-electron chi connectivity index (χ1n) is 11.5. The molecular formula is C25H27N3O5S2. The summed E-state index contributed by atoms with van der Waals surface area (Å²) < 4.78 is 28.2. The Kier molecular flexibility index (Phi) is 7.94. The smallest absolute Gasteiger partial charge is 0.269 e. The highest BCUT2D eigenvalue weighted by atomic mass is 32.2. The number of hydrogen-bond donors (Lipinski definition) is 1. The molecule has 1 aliphatic heterocycles. The van der Waals surface area contributed by atoms with Crippen LogP contribution in [0.5, 0.6) is 0 Å². The fourth-order valence-electron chi connectivity index (χ4n) is 4.28. The largest absolute Gasteiger partial charge is 0.347 e. The molecule has 2 aromatic carbocycles. The van der Waals surface area contributed by atoms with Crippen molar-refractivity contribution in [3.8, 4) is 0 Å². The highest BCUT2D eigenvalue weighted by molar-refractivity contribution is 7.89. The van der Waals surface area contributed by atoms with Crippen molar-refractivity contribution in [3.63, 3.8) is 0 Å². The van der Waals surface area contributed by atoms with Crippen molar-refractivity contribution in [2.45, 2.75) is 37.1 Å². The standard InChI is InChI=1S/C25H27N3O5S2/c29-25(21-8-10-22(11-9-21)28(30)31)26-18-23-24(14-17-34-23)35(32,33)27-15-12-20(13-16-27)7-6-19-4-2-1-3-5-19/h1-5,8-11,14,17,20H,6-7,12-13,15-16,18H2,(H,26,29). The molecule has 1 amide bonds. The first-order chi connectivity index (χ1) is 16.8. The van der Waals surface area contributed by atoms with Crippen molar-refractivity contribution >= 4 is 33.0 Å². The summed E-state index contributed by atoms with van der Waals surface area (Å²) in [5.74, 6) is 0.0838. The molecule has 3 aromatic rings. The fourth-order valence-corrected chi connectivity index (χ4v) is 7.10. The van der Waals surface area contributed by atoms with E-state index in [9.17, 15) is 23.3 Å². The van der Waals surface area contributed by atoms with Crippen LogP contribution in [0.25, 0.3) is 0 Å². The zero-order chi connectivity index (χ0) is 24.8. The van der Waals surface area contributed by atoms with Crippen molar-refractivity contribution in [1.82, 2.24) is 9.62 Å². The third kappa shape index (κ3) is 6.14. The Morgan fingerprint density at radius 3 is 2.40 bits per heavy atom. The lowest BCUT2D eigenvalue weighted by atomic mass is 9.91. The predicted octanol–water partition coefficient (Wildman–Crippen LogP) is 4.62. The lowest BCUT2D eigenvalue weighted by Gasteiger charge is -2.31. The molecule has 2 heterocycles. The van der Waals surface area contributed by atoms with Gasteiger partial charge in [0.1, 0.15) is 0 Å². The number of benzene rings is 2. The first kappa shape index (κ1) is 25.0. The van der Waals surface area contributed by atoms with E-state index in [0.717, 1.165) is 25.7 Å². The number of nitrogens with zero attached hydrogens (tertiary/aromatic N) is 2. The van der Waals surface area contributed by atoms with Gasteiger partial charge in [0.15, 0.2) is 0 Å². The van der Waals surface area contributed by atoms with Crippen LogP contribution >= 0.6 is 11.3 Å². The molecule has 184 valence electrons. The number of carbonyl (C=O) groups is 1. The number of thiophene rings is 1. The molecule has 0 atom stereocenters. The summed E-state index contributed by atoms with van der Waals surface area (Å²) in [6, 6.07) is 17.2. The molecule has 10 heteroatoms. The highest BCUT2D eigenvalue weighted by Gasteiger charge is 2.31. The van der Waals surface area contributed by atoms with Gasteiger partial charge < -0.3 is 5.32 Å². The van der Waals surface area contributed by atoms with Crippen molar-refractivity contribution < 1.29 is 18.1 Å². The van der Waals surface area contributed by atoms with Gasteiger partial charge in [-0.25, -0.2) is 8.42 Å². The average molecular weight is 514 g/mol. The van der Waals surface area contributed by atoms with Crippen LogP contribution in [0.4, 0.5) is 5.69 Å². The molecule has 0 aliphatic carbocycles. The van der Waals surface area contributed by atoms with Crippen molar-refractivity contribution in [1.29, 1.82) is 0 Å². The number of aryl methyl sites for hydroxylation is 1. The van der Waals surface area contributed by atoms with Crippen LogP contribution in [0.3, 0.4) is 0 Å². The van der Waals surface area contributed by atoms with Crippen LogP contribution in [-0.2, 0) is 23.0 Å². The summed E-state index contributed by atoms with van der Waals surface area (Å²) in [5, 5.41) is 15.2. The Morgan fingerprint density at radius 1 is 1.06 bits per heavy atom. The summed E-state index contributed by atoms with van der Waals surface area (Å²) >= 11 is 1.28. The van der Waals surface area contributed by atoms with Crippen LogP contribution in [0.2, 0.25) is 0 Å². The second-order valence-corrected chi connectivity index (χ2v) is 11.5. The number of nitro groups is 1. The van der Waals surface area contributed by atoms with Gasteiger partial charge in [0.2, 0.25) is 10.0 Å². The number of piperidine rings is 1. The molecule has 8 nitrogen and oxygen atoms in total. The van der Waals surface area contributed by atoms with E-state index >= 15 is 0 Å². The molecule has 1 aromatic heterocycles. The molecule has 1 fully saturated rings. The monoisotopic (exact) mass is 513 g/mol. The van der Waals surface area contributed by atoms with Crippen molar-refractivity contribution in [2.75, 3.05) is 13.1 Å². The molecule has 1 N–H and O–H groups in total. The number of rotatable bonds is 9. The van der Waals surface area contributed by atoms with E-state index in [1.54, 1.807) is 15.8 Å². The number of carbonyl (C=O) groups excluding carboxylic acids is 1. The Bertz CT molecular complexity index is 1270. The van der Waals surface area contributed by atoms with Crippen molar-refractivity contribution in [2.24, 2.45) is 5.92 Å². The second kappa shape index (κ2) is 11.1. The van der Waals surface area contributed by atoms with E-state index < -0.39 is 20.9 Å². The van der Waals surface area contributed by atoms with Gasteiger partial charge in [-0.15, -0.1) is 11.3 Å². The van der Waals surface area contributed by atoms with Crippen LogP contribution in [-0.4, -0.2) is 36.6 Å². The zero-order valence-corrected chi connectivity index (χ0v) is 20.8. The lowest BCUT2D eigenvalue weighted by molar-refractivity contribution is -0.384. The van der Waals surface area contributed by atoms with Crippen LogP contribution in [0.15, 0.2) is 70.9 Å². The average Bonchev–Trinajstić information content (AvgIpc) is 3.37. The van der Waals surface area contributed by atoms with E-state index in [4.69, 9.17) is 0 Å². The second-order valence-electron chi connectivity index (χ2n) is 8.57. The minimum absolute atomic E-state index is 0.0651. The summed E-state index contributed by atoms with van der Waals surface area (Å²) in [7, 11) is -3.65. The van der Waals surface area contributed by atoms with Crippen molar-refractivity contribution in [3.05, 3.63) is 92.2 Å². The van der Waals surface area contributed by atoms with E-state index in [1.165, 1.54) is 41.2 Å². The summed E-state index contributed by atoms with van der Waals surface area (Å²) in [4.78, 5) is 23.5. The van der Waals surface area contributed by atoms with E-state index in [0.29, 0.717) is 23.9 Å². The van der Waals surface area contributed by atoms with E-state index in [-0.39, 0.29) is 22.7 Å². The Hall–Kier alpha value is -3.08. The number of non-ortho nitro benzene ring substituents is 1. The Balaban J connectivity index is 1.33. The Morgan fingerprint density at radius 2 is 1.74 bits per heavy atom. The minimum Gasteiger partial charge on any atom is -0.347 e. The van der Waals surface area contributed by atoms with Gasteiger partial charge >= 0.3 is 0 Å². The highest BCUT2D eigenvalue weighted by Crippen LogP contribution is 2.30. The molecule has 0 radical (unpaired) electrons. The fraction of sp³-hybridized carbons (Fsp3) is 0.320. The van der Waals surface area contributed by atoms with Gasteiger partial charge in [-0.05, 0) is 60.7 Å².